The van der Waals surface area contributed by atoms with Crippen LogP contribution in [0, 0.1) is 6.92 Å². The van der Waals surface area contributed by atoms with Crippen LogP contribution < -0.4 is 15.4 Å². The van der Waals surface area contributed by atoms with Crippen molar-refractivity contribution in [3.05, 3.63) is 29.3 Å². The molecule has 9 heteroatoms. The summed E-state index contributed by atoms with van der Waals surface area (Å²) < 4.78 is 38.5. The first-order chi connectivity index (χ1) is 13.9. The number of sulfone groups is 1. The van der Waals surface area contributed by atoms with Gasteiger partial charge < -0.3 is 24.8 Å². The van der Waals surface area contributed by atoms with Crippen LogP contribution in [0.4, 0.5) is 0 Å². The number of hydrogen-bond acceptors (Lipinski definition) is 6. The number of nitrogens with zero attached hydrogens (tertiary/aromatic N) is 1. The van der Waals surface area contributed by atoms with Gasteiger partial charge >= 0.3 is 0 Å². The fourth-order valence-corrected chi connectivity index (χ4v) is 2.79. The van der Waals surface area contributed by atoms with Crippen molar-refractivity contribution in [1.82, 2.24) is 10.6 Å². The first-order valence-electron chi connectivity index (χ1n) is 9.84. The third kappa shape index (κ3) is 12.4. The van der Waals surface area contributed by atoms with Gasteiger partial charge in [0.2, 0.25) is 0 Å². The van der Waals surface area contributed by atoms with Crippen molar-refractivity contribution in [3.8, 4) is 5.75 Å². The van der Waals surface area contributed by atoms with Crippen molar-refractivity contribution in [2.45, 2.75) is 26.8 Å². The third-order valence-corrected chi connectivity index (χ3v) is 4.77. The third-order valence-electron chi connectivity index (χ3n) is 3.86. The first kappa shape index (κ1) is 25.2. The lowest BCUT2D eigenvalue weighted by molar-refractivity contribution is 0.154. The van der Waals surface area contributed by atoms with Crippen molar-refractivity contribution in [3.63, 3.8) is 0 Å². The quantitative estimate of drug-likeness (QED) is 0.263. The van der Waals surface area contributed by atoms with Crippen molar-refractivity contribution in [2.75, 3.05) is 58.6 Å². The molecule has 8 nitrogen and oxygen atoms in total. The summed E-state index contributed by atoms with van der Waals surface area (Å²) in [6, 6.07) is 6.10. The Hall–Kier alpha value is -1.84. The van der Waals surface area contributed by atoms with Crippen molar-refractivity contribution in [2.24, 2.45) is 4.99 Å². The molecule has 1 rings (SSSR count). The van der Waals surface area contributed by atoms with Crippen LogP contribution in [0.25, 0.3) is 0 Å². The number of rotatable bonds is 14. The maximum Gasteiger partial charge on any atom is 0.191 e. The smallest absolute Gasteiger partial charge is 0.191 e. The summed E-state index contributed by atoms with van der Waals surface area (Å²) in [6.07, 6.45) is 2.03. The number of aliphatic imine (C=N–C) groups is 1. The Labute approximate surface area is 175 Å². The second-order valence-corrected chi connectivity index (χ2v) is 8.93. The molecule has 0 saturated heterocycles. The van der Waals surface area contributed by atoms with Gasteiger partial charge in [0.1, 0.15) is 15.6 Å². The van der Waals surface area contributed by atoms with E-state index in [1.165, 1.54) is 6.26 Å². The minimum atomic E-state index is -2.99. The monoisotopic (exact) mass is 429 g/mol. The molecule has 0 spiro atoms. The van der Waals surface area contributed by atoms with Gasteiger partial charge in [-0.05, 0) is 25.5 Å². The molecule has 0 fully saturated rings. The molecule has 0 aromatic heterocycles. The van der Waals surface area contributed by atoms with Crippen molar-refractivity contribution >= 4 is 15.8 Å². The van der Waals surface area contributed by atoms with Gasteiger partial charge in [0.25, 0.3) is 0 Å². The van der Waals surface area contributed by atoms with E-state index in [2.05, 4.69) is 15.6 Å². The van der Waals surface area contributed by atoms with E-state index < -0.39 is 9.84 Å². The molecule has 0 aliphatic carbocycles. The topological polar surface area (TPSA) is 98.2 Å². The number of guanidine groups is 1. The van der Waals surface area contributed by atoms with Crippen LogP contribution in [-0.4, -0.2) is 73.0 Å². The summed E-state index contributed by atoms with van der Waals surface area (Å²) in [6.45, 7) is 7.63. The van der Waals surface area contributed by atoms with Crippen LogP contribution in [0.1, 0.15) is 24.5 Å². The molecule has 0 amide bonds. The predicted octanol–water partition coefficient (Wildman–Crippen LogP) is 1.53. The zero-order valence-electron chi connectivity index (χ0n) is 18.0. The molecule has 0 atom stereocenters. The van der Waals surface area contributed by atoms with Gasteiger partial charge in [-0.25, -0.2) is 13.4 Å². The molecule has 0 aliphatic heterocycles. The van der Waals surface area contributed by atoms with Gasteiger partial charge in [0, 0.05) is 45.0 Å². The molecule has 2 N–H and O–H groups in total. The van der Waals surface area contributed by atoms with Crippen LogP contribution in [0.3, 0.4) is 0 Å². The van der Waals surface area contributed by atoms with Crippen molar-refractivity contribution < 1.29 is 22.6 Å². The van der Waals surface area contributed by atoms with E-state index in [0.29, 0.717) is 38.9 Å². The summed E-state index contributed by atoms with van der Waals surface area (Å²) in [5.41, 5.74) is 2.14. The Morgan fingerprint density at radius 2 is 1.93 bits per heavy atom. The number of ether oxygens (including phenoxy) is 3. The van der Waals surface area contributed by atoms with Gasteiger partial charge in [0.15, 0.2) is 5.96 Å². The highest BCUT2D eigenvalue weighted by atomic mass is 32.2. The van der Waals surface area contributed by atoms with Gasteiger partial charge in [-0.2, -0.15) is 0 Å². The van der Waals surface area contributed by atoms with Crippen LogP contribution in [0.5, 0.6) is 5.75 Å². The van der Waals surface area contributed by atoms with E-state index in [9.17, 15) is 8.42 Å². The first-order valence-corrected chi connectivity index (χ1v) is 11.9. The molecule has 29 heavy (non-hydrogen) atoms. The lowest BCUT2D eigenvalue weighted by Gasteiger charge is -2.14. The summed E-state index contributed by atoms with van der Waals surface area (Å²) in [5, 5.41) is 6.38. The highest BCUT2D eigenvalue weighted by Gasteiger charge is 2.06. The highest BCUT2D eigenvalue weighted by molar-refractivity contribution is 7.90. The second-order valence-electron chi connectivity index (χ2n) is 6.67. The average Bonchev–Trinajstić information content (AvgIpc) is 2.66. The summed E-state index contributed by atoms with van der Waals surface area (Å²) in [4.78, 5) is 4.61. The molecule has 166 valence electrons. The zero-order valence-corrected chi connectivity index (χ0v) is 18.8. The Bertz CT molecular complexity index is 723. The van der Waals surface area contributed by atoms with E-state index in [1.807, 2.05) is 32.0 Å². The summed E-state index contributed by atoms with van der Waals surface area (Å²) in [5.74, 6) is 1.54. The van der Waals surface area contributed by atoms with Gasteiger partial charge in [-0.3, -0.25) is 0 Å². The Morgan fingerprint density at radius 1 is 1.14 bits per heavy atom. The van der Waals surface area contributed by atoms with E-state index in [4.69, 9.17) is 14.2 Å². The molecule has 0 saturated carbocycles. The molecular formula is C20H35N3O5S. The minimum absolute atomic E-state index is 0.0295. The molecule has 0 radical (unpaired) electrons. The molecule has 0 bridgehead atoms. The SMILES string of the molecule is CCNC(=NCc1ccc(C)cc1OCCCOC)NCCOCCS(C)(=O)=O. The lowest BCUT2D eigenvalue weighted by atomic mass is 10.1. The van der Waals surface area contributed by atoms with Gasteiger partial charge in [-0.1, -0.05) is 12.1 Å². The summed E-state index contributed by atoms with van der Waals surface area (Å²) in [7, 11) is -1.31. The number of aryl methyl sites for hydroxylation is 1. The van der Waals surface area contributed by atoms with Crippen molar-refractivity contribution in [1.29, 1.82) is 0 Å². The van der Waals surface area contributed by atoms with E-state index in [1.54, 1.807) is 7.11 Å². The second kappa shape index (κ2) is 14.2. The molecule has 1 aromatic rings. The largest absolute Gasteiger partial charge is 0.493 e. The number of hydrogen-bond donors (Lipinski definition) is 2. The average molecular weight is 430 g/mol. The Kier molecular flexibility index (Phi) is 12.3. The van der Waals surface area contributed by atoms with Gasteiger partial charge in [0.05, 0.1) is 32.1 Å². The number of methoxy groups -OCH3 is 1. The fraction of sp³-hybridized carbons (Fsp3) is 0.650. The predicted molar refractivity (Wildman–Crippen MR) is 117 cm³/mol. The fourth-order valence-electron chi connectivity index (χ4n) is 2.37. The molecule has 1 aromatic carbocycles. The lowest BCUT2D eigenvalue weighted by Crippen LogP contribution is -2.39. The molecular weight excluding hydrogens is 394 g/mol. The number of benzene rings is 1. The van der Waals surface area contributed by atoms with Crippen LogP contribution in [-0.2, 0) is 25.9 Å². The normalized spacial score (nSPS) is 12.1. The maximum absolute atomic E-state index is 11.1. The van der Waals surface area contributed by atoms with Crippen LogP contribution >= 0.6 is 0 Å². The Morgan fingerprint density at radius 3 is 2.62 bits per heavy atom. The minimum Gasteiger partial charge on any atom is -0.493 e. The molecule has 0 aliphatic rings. The van der Waals surface area contributed by atoms with E-state index >= 15 is 0 Å². The van der Waals surface area contributed by atoms with Crippen LogP contribution in [0.2, 0.25) is 0 Å². The Balaban J connectivity index is 2.56. The molecule has 0 unspecified atom stereocenters. The van der Waals surface area contributed by atoms with Crippen LogP contribution in [0.15, 0.2) is 23.2 Å². The van der Waals surface area contributed by atoms with Gasteiger partial charge in [-0.15, -0.1) is 0 Å². The maximum atomic E-state index is 11.1. The highest BCUT2D eigenvalue weighted by Crippen LogP contribution is 2.21. The van der Waals surface area contributed by atoms with E-state index in [0.717, 1.165) is 29.8 Å². The van der Waals surface area contributed by atoms with E-state index in [-0.39, 0.29) is 12.4 Å². The summed E-state index contributed by atoms with van der Waals surface area (Å²) >= 11 is 0. The molecule has 0 heterocycles. The number of nitrogens with one attached hydrogen (secondary N) is 2. The standard InChI is InChI=1S/C20H35N3O5S/c1-5-21-20(22-9-12-27-13-14-29(4,24)25)23-16-18-8-7-17(2)15-19(18)28-11-6-10-26-3/h7-8,15H,5-6,9-14,16H2,1-4H3,(H2,21,22,23). The zero-order chi connectivity index (χ0) is 21.5.